The summed E-state index contributed by atoms with van der Waals surface area (Å²) in [7, 11) is -3.73. The second-order valence-corrected chi connectivity index (χ2v) is 10.4. The molecule has 1 heterocycles. The molecule has 4 unspecified atom stereocenters. The highest BCUT2D eigenvalue weighted by Gasteiger charge is 2.58. The van der Waals surface area contributed by atoms with E-state index in [4.69, 9.17) is 4.74 Å². The lowest BCUT2D eigenvalue weighted by atomic mass is 9.73. The van der Waals surface area contributed by atoms with Gasteiger partial charge in [-0.25, -0.2) is 8.42 Å². The molecule has 1 aliphatic heterocycles. The first-order chi connectivity index (χ1) is 12.8. The molecular weight excluding hydrogens is 362 g/mol. The zero-order valence-electron chi connectivity index (χ0n) is 16.2. The van der Waals surface area contributed by atoms with Crippen LogP contribution in [0.1, 0.15) is 63.9 Å². The fraction of sp³-hybridized carbons (Fsp3) is 0.667. The van der Waals surface area contributed by atoms with Crippen LogP contribution in [-0.4, -0.2) is 36.9 Å². The Bertz CT molecular complexity index is 819. The lowest BCUT2D eigenvalue weighted by Crippen LogP contribution is -2.53. The Hall–Kier alpha value is -1.24. The third-order valence-electron chi connectivity index (χ3n) is 6.66. The van der Waals surface area contributed by atoms with Crippen molar-refractivity contribution in [2.24, 2.45) is 5.41 Å². The maximum Gasteiger partial charge on any atom is 0.245 e. The van der Waals surface area contributed by atoms with Crippen molar-refractivity contribution in [1.82, 2.24) is 4.31 Å². The molecule has 148 valence electrons. The molecule has 0 bridgehead atoms. The molecule has 6 heteroatoms. The number of ether oxygens (including phenoxy) is 1. The van der Waals surface area contributed by atoms with Crippen LogP contribution >= 0.6 is 0 Å². The van der Waals surface area contributed by atoms with Gasteiger partial charge in [0.05, 0.1) is 22.5 Å². The van der Waals surface area contributed by atoms with Crippen molar-refractivity contribution in [3.8, 4) is 0 Å². The highest BCUT2D eigenvalue weighted by molar-refractivity contribution is 7.89. The van der Waals surface area contributed by atoms with Crippen LogP contribution in [0.3, 0.4) is 0 Å². The van der Waals surface area contributed by atoms with E-state index >= 15 is 0 Å². The van der Waals surface area contributed by atoms with Gasteiger partial charge in [0.1, 0.15) is 12.0 Å². The van der Waals surface area contributed by atoms with Crippen molar-refractivity contribution >= 4 is 15.8 Å². The molecule has 1 saturated heterocycles. The van der Waals surface area contributed by atoms with E-state index in [2.05, 4.69) is 0 Å². The number of fused-ring (bicyclic) bond motifs is 1. The van der Waals surface area contributed by atoms with Crippen LogP contribution in [-0.2, 0) is 19.6 Å². The summed E-state index contributed by atoms with van der Waals surface area (Å²) in [5.74, 6) is 0.140. The molecule has 0 radical (unpaired) electrons. The zero-order chi connectivity index (χ0) is 19.2. The predicted octanol–water partition coefficient (Wildman–Crippen LogP) is 3.80. The van der Waals surface area contributed by atoms with Gasteiger partial charge in [0.2, 0.25) is 10.0 Å². The molecule has 0 spiro atoms. The first kappa shape index (κ1) is 19.1. The second kappa shape index (κ2) is 6.98. The van der Waals surface area contributed by atoms with Gasteiger partial charge in [-0.3, -0.25) is 4.79 Å². The Morgan fingerprint density at radius 3 is 2.48 bits per heavy atom. The van der Waals surface area contributed by atoms with Gasteiger partial charge in [0.15, 0.2) is 0 Å². The summed E-state index contributed by atoms with van der Waals surface area (Å²) in [4.78, 5) is 13.2. The van der Waals surface area contributed by atoms with Gasteiger partial charge in [-0.15, -0.1) is 0 Å². The summed E-state index contributed by atoms with van der Waals surface area (Å²) in [6.07, 6.45) is 5.97. The summed E-state index contributed by atoms with van der Waals surface area (Å²) in [5.41, 5.74) is 0.265. The lowest BCUT2D eigenvalue weighted by Gasteiger charge is -2.40. The number of nitrogens with zero attached hydrogens (tertiary/aromatic N) is 1. The molecule has 1 aromatic rings. The van der Waals surface area contributed by atoms with Crippen LogP contribution in [0, 0.1) is 12.3 Å². The normalized spacial score (nSPS) is 35.2. The highest BCUT2D eigenvalue weighted by atomic mass is 32.2. The minimum Gasteiger partial charge on any atom is -0.356 e. The summed E-state index contributed by atoms with van der Waals surface area (Å²) < 4.78 is 35.2. The Labute approximate surface area is 162 Å². The van der Waals surface area contributed by atoms with Crippen LogP contribution in [0.15, 0.2) is 29.2 Å². The number of carbonyl (C=O) groups excluding carboxylic acids is 1. The Morgan fingerprint density at radius 1 is 1.07 bits per heavy atom. The van der Waals surface area contributed by atoms with Gasteiger partial charge >= 0.3 is 0 Å². The standard InChI is InChI=1S/C21H29NO4S/c1-15-10-12-16(13-11-15)27(24,25)22-17-7-3-4-8-18(17)26-20(22)21(2)14-6-5-9-19(21)23/h10-13,17-18,20H,3-9,14H2,1-2H3. The van der Waals surface area contributed by atoms with E-state index in [0.29, 0.717) is 17.7 Å². The molecule has 4 atom stereocenters. The minimum atomic E-state index is -3.73. The number of Topliss-reactive ketones (excluding diaryl/α,β-unsaturated/α-hetero) is 1. The molecule has 3 fully saturated rings. The molecule has 5 nitrogen and oxygen atoms in total. The fourth-order valence-electron chi connectivity index (χ4n) is 4.96. The van der Waals surface area contributed by atoms with Gasteiger partial charge in [-0.1, -0.05) is 37.0 Å². The number of aryl methyl sites for hydroxylation is 1. The quantitative estimate of drug-likeness (QED) is 0.786. The van der Waals surface area contributed by atoms with Crippen LogP contribution < -0.4 is 0 Å². The average molecular weight is 392 g/mol. The van der Waals surface area contributed by atoms with E-state index in [-0.39, 0.29) is 17.9 Å². The van der Waals surface area contributed by atoms with Gasteiger partial charge in [-0.05, 0) is 51.7 Å². The summed E-state index contributed by atoms with van der Waals surface area (Å²) in [6.45, 7) is 3.85. The maximum absolute atomic E-state index is 13.6. The van der Waals surface area contributed by atoms with Crippen LogP contribution in [0.25, 0.3) is 0 Å². The molecule has 3 aliphatic rings. The topological polar surface area (TPSA) is 63.7 Å². The van der Waals surface area contributed by atoms with Crippen LogP contribution in [0.4, 0.5) is 0 Å². The number of hydrogen-bond donors (Lipinski definition) is 0. The number of benzene rings is 1. The van der Waals surface area contributed by atoms with Crippen molar-refractivity contribution in [3.05, 3.63) is 29.8 Å². The summed E-state index contributed by atoms with van der Waals surface area (Å²) in [5, 5.41) is 0. The first-order valence-electron chi connectivity index (χ1n) is 10.1. The van der Waals surface area contributed by atoms with E-state index in [9.17, 15) is 13.2 Å². The Morgan fingerprint density at radius 2 is 1.78 bits per heavy atom. The van der Waals surface area contributed by atoms with Crippen molar-refractivity contribution in [1.29, 1.82) is 0 Å². The molecule has 4 rings (SSSR count). The van der Waals surface area contributed by atoms with Crippen LogP contribution in [0.2, 0.25) is 0 Å². The number of carbonyl (C=O) groups is 1. The molecule has 2 saturated carbocycles. The van der Waals surface area contributed by atoms with E-state index in [0.717, 1.165) is 44.1 Å². The lowest BCUT2D eigenvalue weighted by molar-refractivity contribution is -0.145. The van der Waals surface area contributed by atoms with E-state index < -0.39 is 21.7 Å². The number of rotatable bonds is 3. The van der Waals surface area contributed by atoms with Crippen molar-refractivity contribution in [3.63, 3.8) is 0 Å². The third kappa shape index (κ3) is 3.15. The SMILES string of the molecule is Cc1ccc(S(=O)(=O)N2C3CCCCC3OC2C2(C)CCCCC2=O)cc1. The third-order valence-corrected chi connectivity index (χ3v) is 8.54. The number of sulfonamides is 1. The Balaban J connectivity index is 1.78. The highest BCUT2D eigenvalue weighted by Crippen LogP contribution is 2.48. The summed E-state index contributed by atoms with van der Waals surface area (Å²) >= 11 is 0. The van der Waals surface area contributed by atoms with E-state index in [1.807, 2.05) is 26.0 Å². The molecular formula is C21H29NO4S. The van der Waals surface area contributed by atoms with Gasteiger partial charge in [0.25, 0.3) is 0 Å². The van der Waals surface area contributed by atoms with Crippen molar-refractivity contribution in [2.75, 3.05) is 0 Å². The first-order valence-corrected chi connectivity index (χ1v) is 11.6. The van der Waals surface area contributed by atoms with Crippen molar-refractivity contribution < 1.29 is 17.9 Å². The van der Waals surface area contributed by atoms with Gasteiger partial charge in [-0.2, -0.15) is 4.31 Å². The van der Waals surface area contributed by atoms with Crippen molar-refractivity contribution in [2.45, 2.75) is 88.5 Å². The maximum atomic E-state index is 13.6. The molecule has 0 amide bonds. The molecule has 1 aromatic carbocycles. The smallest absolute Gasteiger partial charge is 0.245 e. The monoisotopic (exact) mass is 391 g/mol. The molecule has 27 heavy (non-hydrogen) atoms. The molecule has 2 aliphatic carbocycles. The fourth-order valence-corrected chi connectivity index (χ4v) is 6.81. The summed E-state index contributed by atoms with van der Waals surface area (Å²) in [6, 6.07) is 6.82. The van der Waals surface area contributed by atoms with Gasteiger partial charge in [0, 0.05) is 6.42 Å². The minimum absolute atomic E-state index is 0.101. The zero-order valence-corrected chi connectivity index (χ0v) is 17.0. The average Bonchev–Trinajstić information content (AvgIpc) is 3.06. The largest absolute Gasteiger partial charge is 0.356 e. The molecule has 0 N–H and O–H groups in total. The van der Waals surface area contributed by atoms with Gasteiger partial charge < -0.3 is 4.74 Å². The molecule has 0 aromatic heterocycles. The number of hydrogen-bond acceptors (Lipinski definition) is 4. The van der Waals surface area contributed by atoms with E-state index in [1.165, 1.54) is 0 Å². The Kier molecular flexibility index (Phi) is 4.93. The predicted molar refractivity (Wildman–Crippen MR) is 103 cm³/mol. The van der Waals surface area contributed by atoms with E-state index in [1.54, 1.807) is 16.4 Å². The number of ketones is 1. The van der Waals surface area contributed by atoms with Crippen LogP contribution in [0.5, 0.6) is 0 Å². The second-order valence-electron chi connectivity index (χ2n) is 8.57.